The van der Waals surface area contributed by atoms with E-state index in [1.807, 2.05) is 12.1 Å². The van der Waals surface area contributed by atoms with Crippen molar-refractivity contribution in [2.75, 3.05) is 44.7 Å². The molecule has 0 radical (unpaired) electrons. The van der Waals surface area contributed by atoms with Gasteiger partial charge in [-0.25, -0.2) is 4.99 Å². The molecule has 34 heavy (non-hydrogen) atoms. The van der Waals surface area contributed by atoms with Crippen LogP contribution in [-0.2, 0) is 4.79 Å². The van der Waals surface area contributed by atoms with Crippen molar-refractivity contribution in [1.29, 1.82) is 0 Å². The maximum Gasteiger partial charge on any atom is 2.00 e. The van der Waals surface area contributed by atoms with Crippen LogP contribution in [0.5, 0.6) is 0 Å². The Balaban J connectivity index is 0.00000152. The third-order valence-electron chi connectivity index (χ3n) is 5.97. The summed E-state index contributed by atoms with van der Waals surface area (Å²) in [4.78, 5) is 39.6. The predicted octanol–water partition coefficient (Wildman–Crippen LogP) is 2.78. The van der Waals surface area contributed by atoms with Gasteiger partial charge in [-0.2, -0.15) is 0 Å². The summed E-state index contributed by atoms with van der Waals surface area (Å²) in [6, 6.07) is 11.6. The summed E-state index contributed by atoms with van der Waals surface area (Å²) >= 11 is 6.43. The van der Waals surface area contributed by atoms with Crippen LogP contribution in [0.2, 0.25) is 5.02 Å². The molecule has 3 aliphatic heterocycles. The number of hydrogen-bond donors (Lipinski definition) is 0. The Morgan fingerprint density at radius 3 is 2.56 bits per heavy atom. The zero-order valence-electron chi connectivity index (χ0n) is 20.6. The summed E-state index contributed by atoms with van der Waals surface area (Å²) in [5.41, 5.74) is 2.36. The average Bonchev–Trinajstić information content (AvgIpc) is 3.01. The summed E-state index contributed by atoms with van der Waals surface area (Å²) in [7, 11) is 2.07. The van der Waals surface area contributed by atoms with Crippen molar-refractivity contribution in [1.82, 2.24) is 9.80 Å². The second kappa shape index (κ2) is 9.83. The molecular weight excluding hydrogens is 468 g/mol. The maximum absolute atomic E-state index is 13.4. The van der Waals surface area contributed by atoms with Crippen molar-refractivity contribution >= 4 is 63.5 Å². The minimum Gasteiger partial charge on any atom is -1.00 e. The largest absolute Gasteiger partial charge is 2.00 e. The van der Waals surface area contributed by atoms with Crippen LogP contribution in [0.4, 0.5) is 11.4 Å². The number of nitro benzene ring substituents is 1. The van der Waals surface area contributed by atoms with Crippen molar-refractivity contribution in [3.8, 4) is 0 Å². The second-order valence-electron chi connectivity index (χ2n) is 8.13. The Kier molecular flexibility index (Phi) is 7.03. The SMILES string of the molecule is CN1CCN(/C=C2\N=C3CN=C(c4ccccc4Cl)c4cc([N+](=O)[O-])ccc4N3C2=O)CC1.[H-].[H-].[Mg+2]. The number of piperazine rings is 1. The average molecular weight is 491 g/mol. The summed E-state index contributed by atoms with van der Waals surface area (Å²) in [6.45, 7) is 3.60. The van der Waals surface area contributed by atoms with E-state index >= 15 is 0 Å². The molecule has 2 aromatic rings. The monoisotopic (exact) mass is 490 g/mol. The molecule has 1 saturated heterocycles. The zero-order valence-corrected chi connectivity index (χ0v) is 20.8. The number of amides is 1. The van der Waals surface area contributed by atoms with Crippen LogP contribution in [0, 0.1) is 10.1 Å². The smallest absolute Gasteiger partial charge is 1.00 e. The Morgan fingerprint density at radius 2 is 1.85 bits per heavy atom. The van der Waals surface area contributed by atoms with Gasteiger partial charge in [0.1, 0.15) is 11.5 Å². The summed E-state index contributed by atoms with van der Waals surface area (Å²) in [5.74, 6) is 0.215. The maximum atomic E-state index is 13.4. The molecule has 0 saturated carbocycles. The van der Waals surface area contributed by atoms with Gasteiger partial charge in [0.05, 0.1) is 22.9 Å². The molecule has 5 rings (SSSR count). The van der Waals surface area contributed by atoms with Gasteiger partial charge >= 0.3 is 23.1 Å². The fourth-order valence-corrected chi connectivity index (χ4v) is 4.40. The molecular formula is C23H23ClMgN6O3. The molecule has 3 heterocycles. The van der Waals surface area contributed by atoms with E-state index in [0.29, 0.717) is 39.1 Å². The first-order valence-electron chi connectivity index (χ1n) is 10.6. The van der Waals surface area contributed by atoms with Crippen molar-refractivity contribution in [3.05, 3.63) is 80.6 Å². The number of rotatable bonds is 3. The van der Waals surface area contributed by atoms with Crippen molar-refractivity contribution in [2.24, 2.45) is 9.98 Å². The summed E-state index contributed by atoms with van der Waals surface area (Å²) in [5, 5.41) is 12.0. The van der Waals surface area contributed by atoms with Gasteiger partial charge in [-0.1, -0.05) is 29.8 Å². The van der Waals surface area contributed by atoms with Gasteiger partial charge in [-0.05, 0) is 19.2 Å². The van der Waals surface area contributed by atoms with E-state index in [1.165, 1.54) is 17.0 Å². The molecule has 0 bridgehead atoms. The molecule has 172 valence electrons. The Hall–Kier alpha value is -2.79. The molecule has 0 N–H and O–H groups in total. The first kappa shape index (κ1) is 24.3. The van der Waals surface area contributed by atoms with E-state index in [9.17, 15) is 14.9 Å². The fourth-order valence-electron chi connectivity index (χ4n) is 4.17. The van der Waals surface area contributed by atoms with Crippen LogP contribution in [0.3, 0.4) is 0 Å². The van der Waals surface area contributed by atoms with Gasteiger partial charge in [0.15, 0.2) is 0 Å². The normalized spacial score (nSPS) is 19.1. The Labute approximate surface area is 220 Å². The molecule has 0 atom stereocenters. The van der Waals surface area contributed by atoms with Gasteiger partial charge in [0, 0.05) is 60.7 Å². The third-order valence-corrected chi connectivity index (χ3v) is 6.30. The number of aliphatic imine (C=N–C) groups is 2. The van der Waals surface area contributed by atoms with Gasteiger partial charge in [0.25, 0.3) is 11.6 Å². The zero-order chi connectivity index (χ0) is 23.1. The number of non-ortho nitro benzene ring substituents is 1. The topological polar surface area (TPSA) is 94.7 Å². The number of nitro groups is 1. The molecule has 0 unspecified atom stereocenters. The molecule has 9 nitrogen and oxygen atoms in total. The summed E-state index contributed by atoms with van der Waals surface area (Å²) < 4.78 is 0. The van der Waals surface area contributed by atoms with Crippen LogP contribution >= 0.6 is 11.6 Å². The minimum absolute atomic E-state index is 0. The Morgan fingerprint density at radius 1 is 1.12 bits per heavy atom. The van der Waals surface area contributed by atoms with Gasteiger partial charge in [-0.3, -0.25) is 24.8 Å². The van der Waals surface area contributed by atoms with E-state index in [1.54, 1.807) is 24.4 Å². The van der Waals surface area contributed by atoms with Gasteiger partial charge in [0.2, 0.25) is 0 Å². The molecule has 0 aromatic heterocycles. The van der Waals surface area contributed by atoms with E-state index in [2.05, 4.69) is 21.8 Å². The van der Waals surface area contributed by atoms with E-state index < -0.39 is 4.92 Å². The third kappa shape index (κ3) is 4.46. The Bertz CT molecular complexity index is 1260. The van der Waals surface area contributed by atoms with Crippen LogP contribution in [-0.4, -0.2) is 95.0 Å². The van der Waals surface area contributed by atoms with Crippen LogP contribution < -0.4 is 4.90 Å². The number of benzene rings is 2. The van der Waals surface area contributed by atoms with E-state index in [4.69, 9.17) is 16.6 Å². The number of hydrogen-bond acceptors (Lipinski definition) is 7. The molecule has 1 amide bonds. The first-order valence-corrected chi connectivity index (χ1v) is 10.9. The molecule has 11 heteroatoms. The van der Waals surface area contributed by atoms with E-state index in [-0.39, 0.29) is 44.0 Å². The van der Waals surface area contributed by atoms with Gasteiger partial charge < -0.3 is 12.7 Å². The predicted molar refractivity (Wildman–Crippen MR) is 135 cm³/mol. The number of amidine groups is 1. The van der Waals surface area contributed by atoms with Crippen molar-refractivity contribution < 1.29 is 12.6 Å². The molecule has 0 aliphatic carbocycles. The standard InChI is InChI=1S/C23H21ClN6O3.Mg.2H/c1-27-8-10-28(11-9-27)14-19-23(31)29-20-7-6-15(30(32)33)12-17(20)22(25-13-21(29)26-19)16-4-2-3-5-18(16)24;;;/h2-7,12,14H,8-11,13H2,1H3;;;/q;+2;2*-1/b19-14-;;;. The van der Waals surface area contributed by atoms with E-state index in [0.717, 1.165) is 26.2 Å². The van der Waals surface area contributed by atoms with Crippen molar-refractivity contribution in [3.63, 3.8) is 0 Å². The number of carbonyl (C=O) groups excluding carboxylic acids is 1. The second-order valence-corrected chi connectivity index (χ2v) is 8.53. The number of likely N-dealkylation sites (N-methyl/N-ethyl adjacent to an activating group) is 1. The molecule has 2 aromatic carbocycles. The molecule has 1 fully saturated rings. The molecule has 3 aliphatic rings. The number of carbonyl (C=O) groups is 1. The molecule has 0 spiro atoms. The summed E-state index contributed by atoms with van der Waals surface area (Å²) in [6.07, 6.45) is 1.81. The fraction of sp³-hybridized carbons (Fsp3) is 0.261. The number of fused-ring (bicyclic) bond motifs is 3. The van der Waals surface area contributed by atoms with Crippen LogP contribution in [0.1, 0.15) is 14.0 Å². The minimum atomic E-state index is -0.463. The number of halogens is 1. The first-order chi connectivity index (χ1) is 15.9. The van der Waals surface area contributed by atoms with Gasteiger partial charge in [-0.15, -0.1) is 0 Å². The number of anilines is 1. The quantitative estimate of drug-likeness (QED) is 0.285. The number of nitrogens with zero attached hydrogens (tertiary/aromatic N) is 6. The van der Waals surface area contributed by atoms with Crippen LogP contribution in [0.15, 0.2) is 64.3 Å². The van der Waals surface area contributed by atoms with Crippen molar-refractivity contribution in [2.45, 2.75) is 0 Å². The van der Waals surface area contributed by atoms with Crippen LogP contribution in [0.25, 0.3) is 0 Å².